The maximum atomic E-state index is 3.59. The molecule has 0 aliphatic carbocycles. The van der Waals surface area contributed by atoms with Crippen LogP contribution in [0.4, 0.5) is 0 Å². The van der Waals surface area contributed by atoms with Gasteiger partial charge in [0, 0.05) is 19.1 Å². The highest BCUT2D eigenvalue weighted by Gasteiger charge is 2.21. The first kappa shape index (κ1) is 14.1. The van der Waals surface area contributed by atoms with Gasteiger partial charge in [-0.1, -0.05) is 32.4 Å². The Morgan fingerprint density at radius 3 is 2.78 bits per heavy atom. The van der Waals surface area contributed by atoms with E-state index in [-0.39, 0.29) is 0 Å². The lowest BCUT2D eigenvalue weighted by Gasteiger charge is -2.32. The zero-order chi connectivity index (χ0) is 13.0. The van der Waals surface area contributed by atoms with Gasteiger partial charge >= 0.3 is 0 Å². The summed E-state index contributed by atoms with van der Waals surface area (Å²) in [6.07, 6.45) is 9.24. The van der Waals surface area contributed by atoms with Crippen molar-refractivity contribution >= 4 is 0 Å². The van der Waals surface area contributed by atoms with Crippen molar-refractivity contribution in [2.75, 3.05) is 26.2 Å². The van der Waals surface area contributed by atoms with Crippen LogP contribution in [0.25, 0.3) is 0 Å². The Labute approximate surface area is 113 Å². The lowest BCUT2D eigenvalue weighted by molar-refractivity contribution is 0.269. The minimum absolute atomic E-state index is 0.375. The summed E-state index contributed by atoms with van der Waals surface area (Å²) in [6.45, 7) is 12.0. The number of rotatable bonds is 4. The normalized spacial score (nSPS) is 26.4. The fourth-order valence-corrected chi connectivity index (χ4v) is 3.16. The molecule has 2 aliphatic rings. The molecule has 2 rings (SSSR count). The molecule has 1 N–H and O–H groups in total. The van der Waals surface area contributed by atoms with E-state index >= 15 is 0 Å². The van der Waals surface area contributed by atoms with Crippen LogP contribution < -0.4 is 5.32 Å². The molecule has 1 saturated heterocycles. The third-order valence-electron chi connectivity index (χ3n) is 4.45. The summed E-state index contributed by atoms with van der Waals surface area (Å²) in [5.74, 6) is 0. The smallest absolute Gasteiger partial charge is 0.0166 e. The molecule has 0 aromatic rings. The Bertz CT molecular complexity index is 282. The summed E-state index contributed by atoms with van der Waals surface area (Å²) in [4.78, 5) is 2.62. The molecule has 0 spiro atoms. The van der Waals surface area contributed by atoms with E-state index in [4.69, 9.17) is 0 Å². The molecule has 0 saturated carbocycles. The third kappa shape index (κ3) is 4.10. The molecule has 1 atom stereocenters. The van der Waals surface area contributed by atoms with Crippen LogP contribution in [0, 0.1) is 5.41 Å². The Kier molecular flexibility index (Phi) is 4.85. The monoisotopic (exact) mass is 250 g/mol. The van der Waals surface area contributed by atoms with Crippen LogP contribution in [0.2, 0.25) is 0 Å². The van der Waals surface area contributed by atoms with Crippen LogP contribution in [0.3, 0.4) is 0 Å². The van der Waals surface area contributed by atoms with Gasteiger partial charge < -0.3 is 5.32 Å². The molecule has 2 heteroatoms. The fraction of sp³-hybridized carbons (Fsp3) is 0.875. The molecule has 2 aliphatic heterocycles. The molecule has 18 heavy (non-hydrogen) atoms. The zero-order valence-corrected chi connectivity index (χ0v) is 12.5. The number of nitrogens with one attached hydrogen (secondary N) is 1. The Morgan fingerprint density at radius 2 is 2.22 bits per heavy atom. The van der Waals surface area contributed by atoms with Crippen LogP contribution in [-0.2, 0) is 0 Å². The molecule has 2 nitrogen and oxygen atoms in total. The molecule has 104 valence electrons. The van der Waals surface area contributed by atoms with E-state index in [1.807, 2.05) is 0 Å². The molecule has 0 amide bonds. The first-order valence-electron chi connectivity index (χ1n) is 7.71. The van der Waals surface area contributed by atoms with Crippen LogP contribution in [-0.4, -0.2) is 37.1 Å². The van der Waals surface area contributed by atoms with Crippen LogP contribution >= 0.6 is 0 Å². The number of hydrogen-bond donors (Lipinski definition) is 1. The first-order chi connectivity index (χ1) is 8.55. The van der Waals surface area contributed by atoms with Gasteiger partial charge in [-0.15, -0.1) is 0 Å². The highest BCUT2D eigenvalue weighted by atomic mass is 15.1. The Morgan fingerprint density at radius 1 is 1.39 bits per heavy atom. The topological polar surface area (TPSA) is 15.3 Å². The van der Waals surface area contributed by atoms with Crippen molar-refractivity contribution in [2.24, 2.45) is 5.41 Å². The molecule has 2 heterocycles. The maximum Gasteiger partial charge on any atom is 0.0166 e. The van der Waals surface area contributed by atoms with Gasteiger partial charge in [-0.05, 0) is 50.6 Å². The molecule has 1 fully saturated rings. The van der Waals surface area contributed by atoms with Crippen LogP contribution in [0.15, 0.2) is 11.6 Å². The van der Waals surface area contributed by atoms with Gasteiger partial charge in [0.2, 0.25) is 0 Å². The molecular formula is C16H30N2. The molecular weight excluding hydrogens is 220 g/mol. The van der Waals surface area contributed by atoms with E-state index in [9.17, 15) is 0 Å². The molecule has 0 radical (unpaired) electrons. The van der Waals surface area contributed by atoms with Gasteiger partial charge in [0.1, 0.15) is 0 Å². The van der Waals surface area contributed by atoms with E-state index in [2.05, 4.69) is 37.1 Å². The van der Waals surface area contributed by atoms with E-state index in [0.29, 0.717) is 5.41 Å². The summed E-state index contributed by atoms with van der Waals surface area (Å²) in [6, 6.07) is 0.815. The predicted molar refractivity (Wildman–Crippen MR) is 78.9 cm³/mol. The summed E-state index contributed by atoms with van der Waals surface area (Å²) >= 11 is 0. The second-order valence-corrected chi connectivity index (χ2v) is 6.97. The van der Waals surface area contributed by atoms with Crippen LogP contribution in [0.5, 0.6) is 0 Å². The van der Waals surface area contributed by atoms with Crippen molar-refractivity contribution in [3.05, 3.63) is 11.6 Å². The fourth-order valence-electron chi connectivity index (χ4n) is 3.16. The van der Waals surface area contributed by atoms with Gasteiger partial charge in [-0.2, -0.15) is 0 Å². The maximum absolute atomic E-state index is 3.59. The van der Waals surface area contributed by atoms with E-state index in [0.717, 1.165) is 6.04 Å². The van der Waals surface area contributed by atoms with Gasteiger partial charge in [0.25, 0.3) is 0 Å². The summed E-state index contributed by atoms with van der Waals surface area (Å²) in [5, 5.41) is 3.59. The summed E-state index contributed by atoms with van der Waals surface area (Å²) < 4.78 is 0. The highest BCUT2D eigenvalue weighted by Crippen LogP contribution is 2.30. The van der Waals surface area contributed by atoms with Crippen molar-refractivity contribution in [3.8, 4) is 0 Å². The highest BCUT2D eigenvalue weighted by molar-refractivity contribution is 5.14. The van der Waals surface area contributed by atoms with E-state index in [1.165, 1.54) is 58.3 Å². The van der Waals surface area contributed by atoms with Crippen molar-refractivity contribution in [3.63, 3.8) is 0 Å². The minimum atomic E-state index is 0.375. The molecule has 1 unspecified atom stereocenters. The second kappa shape index (κ2) is 6.21. The molecule has 0 aromatic heterocycles. The Balaban J connectivity index is 1.65. The third-order valence-corrected chi connectivity index (χ3v) is 4.45. The van der Waals surface area contributed by atoms with Crippen LogP contribution in [0.1, 0.15) is 52.9 Å². The largest absolute Gasteiger partial charge is 0.314 e. The average molecular weight is 250 g/mol. The van der Waals surface area contributed by atoms with Crippen molar-refractivity contribution in [1.29, 1.82) is 0 Å². The predicted octanol–water partition coefficient (Wildman–Crippen LogP) is 3.20. The Hall–Kier alpha value is -0.340. The molecule has 0 bridgehead atoms. The summed E-state index contributed by atoms with van der Waals surface area (Å²) in [5.41, 5.74) is 2.02. The minimum Gasteiger partial charge on any atom is -0.314 e. The summed E-state index contributed by atoms with van der Waals surface area (Å²) in [7, 11) is 0. The SMILES string of the molecule is CC(C)(C)C1=CCN(CCCC2CCCN2)CC1. The van der Waals surface area contributed by atoms with Gasteiger partial charge in [-0.3, -0.25) is 4.90 Å². The van der Waals surface area contributed by atoms with Gasteiger partial charge in [-0.25, -0.2) is 0 Å². The molecule has 0 aromatic carbocycles. The van der Waals surface area contributed by atoms with E-state index < -0.39 is 0 Å². The van der Waals surface area contributed by atoms with E-state index in [1.54, 1.807) is 5.57 Å². The van der Waals surface area contributed by atoms with Gasteiger partial charge in [0.05, 0.1) is 0 Å². The van der Waals surface area contributed by atoms with Crippen molar-refractivity contribution in [1.82, 2.24) is 10.2 Å². The quantitative estimate of drug-likeness (QED) is 0.771. The van der Waals surface area contributed by atoms with Crippen molar-refractivity contribution < 1.29 is 0 Å². The number of nitrogens with zero attached hydrogens (tertiary/aromatic N) is 1. The zero-order valence-electron chi connectivity index (χ0n) is 12.5. The van der Waals surface area contributed by atoms with Gasteiger partial charge in [0.15, 0.2) is 0 Å². The lowest BCUT2D eigenvalue weighted by atomic mass is 9.83. The standard InChI is InChI=1S/C16H30N2/c1-16(2,3)14-8-12-18(13-9-14)11-5-7-15-6-4-10-17-15/h8,15,17H,4-7,9-13H2,1-3H3. The average Bonchev–Trinajstić information content (AvgIpc) is 2.82. The van der Waals surface area contributed by atoms with Crippen molar-refractivity contribution in [2.45, 2.75) is 58.9 Å². The second-order valence-electron chi connectivity index (χ2n) is 6.97. The number of hydrogen-bond acceptors (Lipinski definition) is 2. The lowest BCUT2D eigenvalue weighted by Crippen LogP contribution is -2.33. The first-order valence-corrected chi connectivity index (χ1v) is 7.71.